The fraction of sp³-hybridized carbons (Fsp3) is 0.562. The Kier molecular flexibility index (Phi) is 6.02. The van der Waals surface area contributed by atoms with Crippen LogP contribution in [0, 0.1) is 0 Å². The molecule has 0 spiro atoms. The van der Waals surface area contributed by atoms with Gasteiger partial charge in [-0.2, -0.15) is 0 Å². The normalized spacial score (nSPS) is 20.4. The maximum Gasteiger partial charge on any atom is 0.241 e. The van der Waals surface area contributed by atoms with Gasteiger partial charge in [-0.3, -0.25) is 4.79 Å². The van der Waals surface area contributed by atoms with Crippen molar-refractivity contribution in [3.63, 3.8) is 0 Å². The van der Waals surface area contributed by atoms with Crippen LogP contribution in [-0.2, 0) is 9.53 Å². The Hall–Kier alpha value is -1.39. The van der Waals surface area contributed by atoms with Crippen molar-refractivity contribution in [3.05, 3.63) is 30.3 Å². The van der Waals surface area contributed by atoms with Crippen LogP contribution in [0.15, 0.2) is 30.3 Å². The van der Waals surface area contributed by atoms with Gasteiger partial charge in [-0.25, -0.2) is 0 Å². The average molecular weight is 276 g/mol. The summed E-state index contributed by atoms with van der Waals surface area (Å²) in [5.74, 6) is 0.000706. The molecule has 1 aliphatic rings. The van der Waals surface area contributed by atoms with Gasteiger partial charge in [0, 0.05) is 12.3 Å². The summed E-state index contributed by atoms with van der Waals surface area (Å²) in [4.78, 5) is 12.0. The number of hydrogen-bond acceptors (Lipinski definition) is 3. The van der Waals surface area contributed by atoms with Crippen molar-refractivity contribution < 1.29 is 9.53 Å². The molecule has 0 saturated carbocycles. The van der Waals surface area contributed by atoms with Gasteiger partial charge in [-0.15, -0.1) is 0 Å². The van der Waals surface area contributed by atoms with Crippen molar-refractivity contribution in [2.45, 2.75) is 44.8 Å². The Morgan fingerprint density at radius 1 is 1.35 bits per heavy atom. The van der Waals surface area contributed by atoms with Gasteiger partial charge in [0.05, 0.1) is 12.1 Å². The smallest absolute Gasteiger partial charge is 0.241 e. The monoisotopic (exact) mass is 276 g/mol. The Morgan fingerprint density at radius 2 is 2.15 bits per heavy atom. The molecular weight excluding hydrogens is 252 g/mol. The van der Waals surface area contributed by atoms with E-state index in [0.717, 1.165) is 31.7 Å². The topological polar surface area (TPSA) is 50.4 Å². The van der Waals surface area contributed by atoms with Crippen LogP contribution in [0.1, 0.15) is 32.6 Å². The summed E-state index contributed by atoms with van der Waals surface area (Å²) in [6.45, 7) is 3.59. The van der Waals surface area contributed by atoms with Gasteiger partial charge in [0.15, 0.2) is 0 Å². The van der Waals surface area contributed by atoms with Gasteiger partial charge in [0.1, 0.15) is 0 Å². The average Bonchev–Trinajstić information content (AvgIpc) is 2.49. The first kappa shape index (κ1) is 15.0. The minimum atomic E-state index is -0.196. The molecule has 1 aromatic rings. The van der Waals surface area contributed by atoms with E-state index in [0.29, 0.717) is 6.10 Å². The van der Waals surface area contributed by atoms with Gasteiger partial charge in [0.2, 0.25) is 5.91 Å². The predicted molar refractivity (Wildman–Crippen MR) is 80.7 cm³/mol. The van der Waals surface area contributed by atoms with Crippen LogP contribution >= 0.6 is 0 Å². The van der Waals surface area contributed by atoms with Gasteiger partial charge in [0.25, 0.3) is 0 Å². The van der Waals surface area contributed by atoms with Crippen LogP contribution in [0.2, 0.25) is 0 Å². The second kappa shape index (κ2) is 8.02. The molecule has 1 fully saturated rings. The van der Waals surface area contributed by atoms with E-state index in [1.54, 1.807) is 0 Å². The summed E-state index contributed by atoms with van der Waals surface area (Å²) in [5.41, 5.74) is 0.835. The van der Waals surface area contributed by atoms with Gasteiger partial charge in [-0.1, -0.05) is 18.2 Å². The summed E-state index contributed by atoms with van der Waals surface area (Å²) in [7, 11) is 0. The second-order valence-electron chi connectivity index (χ2n) is 5.31. The Bertz CT molecular complexity index is 402. The third kappa shape index (κ3) is 4.94. The van der Waals surface area contributed by atoms with E-state index < -0.39 is 0 Å². The van der Waals surface area contributed by atoms with Crippen LogP contribution < -0.4 is 10.6 Å². The molecule has 2 N–H and O–H groups in total. The number of hydrogen-bond donors (Lipinski definition) is 2. The maximum absolute atomic E-state index is 12.0. The molecule has 0 radical (unpaired) electrons. The summed E-state index contributed by atoms with van der Waals surface area (Å²) in [6, 6.07) is 9.34. The highest BCUT2D eigenvalue weighted by Gasteiger charge is 2.16. The highest BCUT2D eigenvalue weighted by atomic mass is 16.5. The number of ether oxygens (including phenoxy) is 1. The molecule has 1 aliphatic heterocycles. The lowest BCUT2D eigenvalue weighted by atomic mass is 10.1. The van der Waals surface area contributed by atoms with E-state index in [1.165, 1.54) is 12.8 Å². The van der Waals surface area contributed by atoms with Crippen LogP contribution in [0.4, 0.5) is 5.69 Å². The number of carbonyl (C=O) groups is 1. The molecular formula is C16H24N2O2. The van der Waals surface area contributed by atoms with Gasteiger partial charge >= 0.3 is 0 Å². The lowest BCUT2D eigenvalue weighted by Gasteiger charge is -2.23. The van der Waals surface area contributed by atoms with Crippen molar-refractivity contribution in [1.29, 1.82) is 0 Å². The van der Waals surface area contributed by atoms with Crippen LogP contribution in [0.5, 0.6) is 0 Å². The second-order valence-corrected chi connectivity index (χ2v) is 5.31. The largest absolute Gasteiger partial charge is 0.378 e. The molecule has 1 amide bonds. The van der Waals surface area contributed by atoms with E-state index in [-0.39, 0.29) is 11.9 Å². The van der Waals surface area contributed by atoms with Gasteiger partial charge < -0.3 is 15.4 Å². The first-order valence-corrected chi connectivity index (χ1v) is 7.46. The molecule has 110 valence electrons. The molecule has 2 rings (SSSR count). The first-order valence-electron chi connectivity index (χ1n) is 7.46. The van der Waals surface area contributed by atoms with Crippen molar-refractivity contribution in [2.24, 2.45) is 0 Å². The van der Waals surface area contributed by atoms with Crippen molar-refractivity contribution >= 4 is 11.6 Å². The minimum Gasteiger partial charge on any atom is -0.378 e. The van der Waals surface area contributed by atoms with Crippen molar-refractivity contribution in [2.75, 3.05) is 18.5 Å². The number of nitrogens with one attached hydrogen (secondary N) is 2. The summed E-state index contributed by atoms with van der Waals surface area (Å²) in [5, 5.41) is 6.16. The molecule has 1 aromatic carbocycles. The minimum absolute atomic E-state index is 0.000706. The van der Waals surface area contributed by atoms with Crippen molar-refractivity contribution in [1.82, 2.24) is 5.32 Å². The van der Waals surface area contributed by atoms with E-state index in [9.17, 15) is 4.79 Å². The molecule has 0 aliphatic carbocycles. The van der Waals surface area contributed by atoms with Crippen molar-refractivity contribution in [3.8, 4) is 0 Å². The molecule has 4 nitrogen and oxygen atoms in total. The predicted octanol–water partition coefficient (Wildman–Crippen LogP) is 2.56. The lowest BCUT2D eigenvalue weighted by molar-refractivity contribution is -0.117. The molecule has 4 heteroatoms. The number of anilines is 1. The fourth-order valence-corrected chi connectivity index (χ4v) is 2.36. The number of para-hydroxylation sites is 1. The lowest BCUT2D eigenvalue weighted by Crippen LogP contribution is -2.39. The molecule has 0 aromatic heterocycles. The first-order chi connectivity index (χ1) is 9.75. The standard InChI is InChI=1S/C16H24N2O2/c1-13(16(19)18-14-7-3-2-4-8-14)17-11-10-15-9-5-6-12-20-15/h2-4,7-8,13,15,17H,5-6,9-12H2,1H3,(H,18,19). The highest BCUT2D eigenvalue weighted by molar-refractivity contribution is 5.94. The van der Waals surface area contributed by atoms with Crippen LogP contribution in [0.25, 0.3) is 0 Å². The summed E-state index contributed by atoms with van der Waals surface area (Å²) in [6.07, 6.45) is 4.92. The van der Waals surface area contributed by atoms with E-state index in [1.807, 2.05) is 37.3 Å². The number of rotatable bonds is 6. The number of benzene rings is 1. The zero-order valence-corrected chi connectivity index (χ0v) is 12.1. The zero-order valence-electron chi connectivity index (χ0n) is 12.1. The zero-order chi connectivity index (χ0) is 14.2. The summed E-state index contributed by atoms with van der Waals surface area (Å²) >= 11 is 0. The third-order valence-electron chi connectivity index (χ3n) is 3.63. The maximum atomic E-state index is 12.0. The van der Waals surface area contributed by atoms with E-state index >= 15 is 0 Å². The highest BCUT2D eigenvalue weighted by Crippen LogP contribution is 2.15. The number of amides is 1. The quantitative estimate of drug-likeness (QED) is 0.839. The Labute approximate surface area is 120 Å². The molecule has 1 heterocycles. The molecule has 20 heavy (non-hydrogen) atoms. The number of carbonyl (C=O) groups excluding carboxylic acids is 1. The van der Waals surface area contributed by atoms with Gasteiger partial charge in [-0.05, 0) is 51.3 Å². The molecule has 2 atom stereocenters. The SMILES string of the molecule is CC(NCCC1CCCCO1)C(=O)Nc1ccccc1. The molecule has 2 unspecified atom stereocenters. The van der Waals surface area contributed by atoms with Crippen LogP contribution in [0.3, 0.4) is 0 Å². The van der Waals surface area contributed by atoms with E-state index in [2.05, 4.69) is 10.6 Å². The third-order valence-corrected chi connectivity index (χ3v) is 3.63. The van der Waals surface area contributed by atoms with Crippen LogP contribution in [-0.4, -0.2) is 31.2 Å². The Balaban J connectivity index is 1.66. The summed E-state index contributed by atoms with van der Waals surface area (Å²) < 4.78 is 5.68. The Morgan fingerprint density at radius 3 is 2.85 bits per heavy atom. The molecule has 0 bridgehead atoms. The molecule has 1 saturated heterocycles. The fourth-order valence-electron chi connectivity index (χ4n) is 2.36. The van der Waals surface area contributed by atoms with E-state index in [4.69, 9.17) is 4.74 Å².